The highest BCUT2D eigenvalue weighted by Crippen LogP contribution is 2.77. The van der Waals surface area contributed by atoms with Gasteiger partial charge in [-0.05, 0) is 127 Å². The molecule has 0 amide bonds. The van der Waals surface area contributed by atoms with Crippen LogP contribution >= 0.6 is 0 Å². The van der Waals surface area contributed by atoms with Gasteiger partial charge in [-0.1, -0.05) is 77.1 Å². The Morgan fingerprint density at radius 2 is 1.62 bits per heavy atom. The summed E-state index contributed by atoms with van der Waals surface area (Å²) < 4.78 is 5.12. The first-order valence-corrected chi connectivity index (χ1v) is 16.6. The van der Waals surface area contributed by atoms with E-state index in [0.29, 0.717) is 23.7 Å². The minimum absolute atomic E-state index is 0.0367. The second kappa shape index (κ2) is 9.80. The Balaban J connectivity index is 1.35. The number of hydrogen-bond donors (Lipinski definition) is 2. The molecule has 1 aromatic rings. The molecule has 4 fully saturated rings. The largest absolute Gasteiger partial charge is 0.481 e. The van der Waals surface area contributed by atoms with Gasteiger partial charge in [-0.3, -0.25) is 4.79 Å². The van der Waals surface area contributed by atoms with E-state index >= 15 is 0 Å². The van der Waals surface area contributed by atoms with Gasteiger partial charge in [0.05, 0.1) is 5.41 Å². The average Bonchev–Trinajstić information content (AvgIpc) is 3.34. The van der Waals surface area contributed by atoms with Crippen LogP contribution in [-0.4, -0.2) is 23.3 Å². The van der Waals surface area contributed by atoms with Crippen molar-refractivity contribution in [3.63, 3.8) is 0 Å². The van der Waals surface area contributed by atoms with Gasteiger partial charge in [-0.15, -0.1) is 0 Å². The number of ether oxygens (including phenoxy) is 1. The van der Waals surface area contributed by atoms with Crippen molar-refractivity contribution in [3.8, 4) is 0 Å². The molecular formula is C38H54O4. The highest BCUT2D eigenvalue weighted by molar-refractivity contribution is 5.76. The number of benzene rings is 1. The van der Waals surface area contributed by atoms with E-state index < -0.39 is 17.7 Å². The standard InChI is InChI=1S/C38H54O4/c1-23(2)26-15-20-38(33(40)41)22-21-36(6)28(31(26)38)13-14-30-35(5)18-16-27(24-9-11-25(12-10-24)32(39)42-8)34(3,4)29(35)17-19-37(30,36)7/h9-12,16,26,28-32,39H,1,13-15,17-22H2,2-8H3,(H,40,41). The number of carboxylic acid groups (broad SMARTS) is 1. The number of carboxylic acids is 1. The molecule has 4 saturated carbocycles. The van der Waals surface area contributed by atoms with Crippen molar-refractivity contribution in [1.82, 2.24) is 0 Å². The number of aliphatic carboxylic acids is 1. The second-order valence-corrected chi connectivity index (χ2v) is 16.4. The summed E-state index contributed by atoms with van der Waals surface area (Å²) in [5, 5.41) is 20.8. The normalized spacial score (nSPS) is 44.6. The minimum atomic E-state index is -0.890. The van der Waals surface area contributed by atoms with Crippen molar-refractivity contribution in [2.75, 3.05) is 7.11 Å². The molecule has 0 aromatic heterocycles. The first kappa shape index (κ1) is 30.1. The molecule has 2 N–H and O–H groups in total. The first-order valence-electron chi connectivity index (χ1n) is 16.6. The van der Waals surface area contributed by atoms with Gasteiger partial charge < -0.3 is 14.9 Å². The predicted molar refractivity (Wildman–Crippen MR) is 168 cm³/mol. The molecule has 6 rings (SSSR count). The van der Waals surface area contributed by atoms with Crippen LogP contribution in [0.15, 0.2) is 42.5 Å². The lowest BCUT2D eigenvalue weighted by Crippen LogP contribution is -2.65. The zero-order valence-electron chi connectivity index (χ0n) is 27.1. The summed E-state index contributed by atoms with van der Waals surface area (Å²) in [6.45, 7) is 19.3. The fourth-order valence-corrected chi connectivity index (χ4v) is 12.6. The molecular weight excluding hydrogens is 520 g/mol. The molecule has 10 atom stereocenters. The molecule has 0 spiro atoms. The topological polar surface area (TPSA) is 66.8 Å². The van der Waals surface area contributed by atoms with Crippen molar-refractivity contribution in [1.29, 1.82) is 0 Å². The van der Waals surface area contributed by atoms with Crippen molar-refractivity contribution >= 4 is 11.5 Å². The van der Waals surface area contributed by atoms with E-state index in [0.717, 1.165) is 44.1 Å². The minimum Gasteiger partial charge on any atom is -0.481 e. The van der Waals surface area contributed by atoms with Crippen LogP contribution < -0.4 is 0 Å². The number of hydrogen-bond acceptors (Lipinski definition) is 3. The van der Waals surface area contributed by atoms with Gasteiger partial charge in [0.25, 0.3) is 0 Å². The summed E-state index contributed by atoms with van der Waals surface area (Å²) in [5.41, 5.74) is 4.72. The van der Waals surface area contributed by atoms with Crippen molar-refractivity contribution in [2.45, 2.75) is 106 Å². The Hall–Kier alpha value is -1.91. The molecule has 5 aliphatic carbocycles. The second-order valence-electron chi connectivity index (χ2n) is 16.4. The lowest BCUT2D eigenvalue weighted by Gasteiger charge is -2.72. The number of aliphatic hydroxyl groups is 1. The van der Waals surface area contributed by atoms with Gasteiger partial charge in [0.1, 0.15) is 0 Å². The van der Waals surface area contributed by atoms with Gasteiger partial charge >= 0.3 is 5.97 Å². The molecule has 0 radical (unpaired) electrons. The lowest BCUT2D eigenvalue weighted by molar-refractivity contribution is -0.227. The third-order valence-electron chi connectivity index (χ3n) is 14.8. The molecule has 42 heavy (non-hydrogen) atoms. The molecule has 0 aliphatic heterocycles. The fourth-order valence-electron chi connectivity index (χ4n) is 12.6. The first-order chi connectivity index (χ1) is 19.7. The van der Waals surface area contributed by atoms with E-state index in [1.807, 2.05) is 12.1 Å². The number of fused-ring (bicyclic) bond motifs is 7. The molecule has 4 heteroatoms. The Bertz CT molecular complexity index is 1290. The van der Waals surface area contributed by atoms with Crippen LogP contribution in [0.3, 0.4) is 0 Å². The molecule has 5 aliphatic rings. The monoisotopic (exact) mass is 574 g/mol. The van der Waals surface area contributed by atoms with Crippen LogP contribution in [0.25, 0.3) is 5.57 Å². The average molecular weight is 575 g/mol. The van der Waals surface area contributed by atoms with E-state index in [-0.39, 0.29) is 27.6 Å². The number of methoxy groups -OCH3 is 1. The van der Waals surface area contributed by atoms with E-state index in [9.17, 15) is 15.0 Å². The lowest BCUT2D eigenvalue weighted by atomic mass is 9.32. The van der Waals surface area contributed by atoms with E-state index in [2.05, 4.69) is 66.3 Å². The predicted octanol–water partition coefficient (Wildman–Crippen LogP) is 9.06. The summed E-state index contributed by atoms with van der Waals surface area (Å²) >= 11 is 0. The Labute approximate surface area is 254 Å². The van der Waals surface area contributed by atoms with Gasteiger partial charge in [0.15, 0.2) is 6.29 Å². The quantitative estimate of drug-likeness (QED) is 0.272. The summed E-state index contributed by atoms with van der Waals surface area (Å²) in [6, 6.07) is 8.30. The van der Waals surface area contributed by atoms with E-state index in [4.69, 9.17) is 4.74 Å². The van der Waals surface area contributed by atoms with Crippen LogP contribution in [0.2, 0.25) is 0 Å². The number of aliphatic hydroxyl groups excluding tert-OH is 1. The maximum Gasteiger partial charge on any atom is 0.309 e. The summed E-state index contributed by atoms with van der Waals surface area (Å²) in [5.74, 6) is 1.69. The summed E-state index contributed by atoms with van der Waals surface area (Å²) in [6.07, 6.45) is 11.2. The fraction of sp³-hybridized carbons (Fsp3) is 0.711. The van der Waals surface area contributed by atoms with Crippen molar-refractivity contribution in [3.05, 3.63) is 53.6 Å². The Morgan fingerprint density at radius 3 is 2.24 bits per heavy atom. The zero-order chi connectivity index (χ0) is 30.5. The highest BCUT2D eigenvalue weighted by Gasteiger charge is 2.71. The highest BCUT2D eigenvalue weighted by atomic mass is 16.6. The zero-order valence-corrected chi connectivity index (χ0v) is 27.1. The van der Waals surface area contributed by atoms with Crippen molar-refractivity contribution < 1.29 is 19.7 Å². The third-order valence-corrected chi connectivity index (χ3v) is 14.8. The van der Waals surface area contributed by atoms with Crippen LogP contribution in [0.1, 0.15) is 117 Å². The summed E-state index contributed by atoms with van der Waals surface area (Å²) in [4.78, 5) is 12.9. The van der Waals surface area contributed by atoms with Crippen LogP contribution in [-0.2, 0) is 9.53 Å². The van der Waals surface area contributed by atoms with Gasteiger partial charge in [-0.25, -0.2) is 0 Å². The molecule has 0 heterocycles. The molecule has 10 unspecified atom stereocenters. The van der Waals surface area contributed by atoms with Gasteiger partial charge in [-0.2, -0.15) is 0 Å². The maximum atomic E-state index is 12.9. The summed E-state index contributed by atoms with van der Waals surface area (Å²) in [7, 11) is 1.53. The number of rotatable bonds is 5. The van der Waals surface area contributed by atoms with Gasteiger partial charge in [0, 0.05) is 12.7 Å². The Kier molecular flexibility index (Phi) is 7.03. The van der Waals surface area contributed by atoms with Crippen LogP contribution in [0, 0.1) is 56.7 Å². The number of allylic oxidation sites excluding steroid dienone is 3. The SMILES string of the molecule is C=C(C)C1CCC2(C(=O)O)CCC3(C)C(CCC4C5(C)CC=C(c6ccc(C(O)OC)cc6)C(C)(C)C5CCC43C)C12. The molecule has 4 nitrogen and oxygen atoms in total. The van der Waals surface area contributed by atoms with Gasteiger partial charge in [0.2, 0.25) is 0 Å². The Morgan fingerprint density at radius 1 is 0.929 bits per heavy atom. The van der Waals surface area contributed by atoms with E-state index in [1.165, 1.54) is 43.1 Å². The van der Waals surface area contributed by atoms with Crippen molar-refractivity contribution in [2.24, 2.45) is 56.7 Å². The smallest absolute Gasteiger partial charge is 0.309 e. The van der Waals surface area contributed by atoms with Crippen LogP contribution in [0.4, 0.5) is 0 Å². The molecule has 1 aromatic carbocycles. The molecule has 230 valence electrons. The van der Waals surface area contributed by atoms with Crippen LogP contribution in [0.5, 0.6) is 0 Å². The third kappa shape index (κ3) is 3.82. The number of carbonyl (C=O) groups is 1. The maximum absolute atomic E-state index is 12.9. The van der Waals surface area contributed by atoms with E-state index in [1.54, 1.807) is 0 Å². The molecule has 0 bridgehead atoms. The molecule has 0 saturated heterocycles.